The number of nitrogens with zero attached hydrogens (tertiary/aromatic N) is 1. The van der Waals surface area contributed by atoms with Crippen molar-refractivity contribution < 1.29 is 14.2 Å². The second-order valence-corrected chi connectivity index (χ2v) is 6.35. The smallest absolute Gasteiger partial charge is 0.189 e. The van der Waals surface area contributed by atoms with Gasteiger partial charge < -0.3 is 14.2 Å². The van der Waals surface area contributed by atoms with Crippen molar-refractivity contribution in [1.82, 2.24) is 0 Å². The van der Waals surface area contributed by atoms with Gasteiger partial charge in [0, 0.05) is 22.6 Å². The van der Waals surface area contributed by atoms with Gasteiger partial charge in [0.05, 0.1) is 27.0 Å². The lowest BCUT2D eigenvalue weighted by atomic mass is 10.1. The Labute approximate surface area is 140 Å². The third-order valence-electron chi connectivity index (χ3n) is 3.75. The van der Waals surface area contributed by atoms with E-state index in [1.807, 2.05) is 18.2 Å². The van der Waals surface area contributed by atoms with Crippen molar-refractivity contribution in [2.75, 3.05) is 21.3 Å². The van der Waals surface area contributed by atoms with E-state index < -0.39 is 0 Å². The molecule has 1 aliphatic heterocycles. The molecule has 1 heterocycles. The molecule has 0 fully saturated rings. The Kier molecular flexibility index (Phi) is 4.76. The predicted octanol–water partition coefficient (Wildman–Crippen LogP) is 4.62. The molecule has 0 spiro atoms. The van der Waals surface area contributed by atoms with Crippen molar-refractivity contribution in [1.29, 1.82) is 0 Å². The van der Waals surface area contributed by atoms with Crippen LogP contribution in [0.4, 0.5) is 5.69 Å². The molecule has 0 radical (unpaired) electrons. The van der Waals surface area contributed by atoms with Crippen LogP contribution >= 0.6 is 11.8 Å². The van der Waals surface area contributed by atoms with E-state index in [2.05, 4.69) is 29.3 Å². The summed E-state index contributed by atoms with van der Waals surface area (Å²) >= 11 is 1.77. The SMILES string of the molecule is COC1=Nc2cc(OC)c(OC)cc2SC(c2ccccc2)C1. The first kappa shape index (κ1) is 15.7. The standard InChI is InChI=1S/C18H19NO3S/c1-20-14-9-13-17(10-15(14)21-2)23-16(11-18(19-13)22-3)12-7-5-4-6-8-12/h4-10,16H,11H2,1-3H3. The summed E-state index contributed by atoms with van der Waals surface area (Å²) in [6.07, 6.45) is 0.741. The molecule has 0 aromatic heterocycles. The number of benzene rings is 2. The van der Waals surface area contributed by atoms with Crippen LogP contribution in [0.5, 0.6) is 11.5 Å². The molecule has 5 heteroatoms. The fourth-order valence-corrected chi connectivity index (χ4v) is 3.77. The Morgan fingerprint density at radius 2 is 1.65 bits per heavy atom. The average Bonchev–Trinajstić information content (AvgIpc) is 2.79. The Morgan fingerprint density at radius 1 is 0.957 bits per heavy atom. The van der Waals surface area contributed by atoms with Gasteiger partial charge in [-0.15, -0.1) is 11.8 Å². The monoisotopic (exact) mass is 329 g/mol. The molecule has 0 aliphatic carbocycles. The van der Waals surface area contributed by atoms with Crippen molar-refractivity contribution >= 4 is 23.3 Å². The van der Waals surface area contributed by atoms with Crippen LogP contribution < -0.4 is 9.47 Å². The molecule has 0 N–H and O–H groups in total. The largest absolute Gasteiger partial charge is 0.493 e. The first-order valence-electron chi connectivity index (χ1n) is 7.34. The molecule has 1 atom stereocenters. The highest BCUT2D eigenvalue weighted by Gasteiger charge is 2.24. The molecule has 1 aliphatic rings. The molecule has 0 saturated heterocycles. The third-order valence-corrected chi connectivity index (χ3v) is 5.05. The van der Waals surface area contributed by atoms with Crippen LogP contribution in [-0.2, 0) is 4.74 Å². The van der Waals surface area contributed by atoms with Gasteiger partial charge in [-0.1, -0.05) is 30.3 Å². The highest BCUT2D eigenvalue weighted by Crippen LogP contribution is 2.48. The number of hydrogen-bond donors (Lipinski definition) is 0. The Hall–Kier alpha value is -2.14. The lowest BCUT2D eigenvalue weighted by molar-refractivity contribution is 0.354. The number of hydrogen-bond acceptors (Lipinski definition) is 5. The predicted molar refractivity (Wildman–Crippen MR) is 93.3 cm³/mol. The molecular formula is C18H19NO3S. The number of fused-ring (bicyclic) bond motifs is 1. The van der Waals surface area contributed by atoms with Crippen LogP contribution in [0.1, 0.15) is 17.2 Å². The van der Waals surface area contributed by atoms with E-state index in [-0.39, 0.29) is 5.25 Å². The summed E-state index contributed by atoms with van der Waals surface area (Å²) in [6, 6.07) is 14.3. The van der Waals surface area contributed by atoms with E-state index in [9.17, 15) is 0 Å². The molecule has 0 amide bonds. The highest BCUT2D eigenvalue weighted by molar-refractivity contribution is 7.99. The lowest BCUT2D eigenvalue weighted by Gasteiger charge is -2.16. The normalized spacial score (nSPS) is 16.8. The average molecular weight is 329 g/mol. The number of rotatable bonds is 3. The quantitative estimate of drug-likeness (QED) is 0.824. The molecule has 4 nitrogen and oxygen atoms in total. The fraction of sp³-hybridized carbons (Fsp3) is 0.278. The molecule has 1 unspecified atom stereocenters. The molecule has 2 aromatic carbocycles. The van der Waals surface area contributed by atoms with Crippen molar-refractivity contribution in [2.45, 2.75) is 16.6 Å². The molecule has 23 heavy (non-hydrogen) atoms. The summed E-state index contributed by atoms with van der Waals surface area (Å²) in [6.45, 7) is 0. The molecule has 2 aromatic rings. The van der Waals surface area contributed by atoms with Gasteiger partial charge in [0.25, 0.3) is 0 Å². The van der Waals surface area contributed by atoms with Gasteiger partial charge >= 0.3 is 0 Å². The maximum atomic E-state index is 5.47. The summed E-state index contributed by atoms with van der Waals surface area (Å²) in [4.78, 5) is 5.71. The van der Waals surface area contributed by atoms with Crippen LogP contribution in [0.2, 0.25) is 0 Å². The Morgan fingerprint density at radius 3 is 2.30 bits per heavy atom. The van der Waals surface area contributed by atoms with E-state index in [0.717, 1.165) is 22.9 Å². The van der Waals surface area contributed by atoms with Crippen LogP contribution in [0.15, 0.2) is 52.4 Å². The van der Waals surface area contributed by atoms with E-state index in [0.29, 0.717) is 11.5 Å². The molecule has 3 rings (SSSR count). The summed E-state index contributed by atoms with van der Waals surface area (Å²) in [5.41, 5.74) is 2.10. The fourth-order valence-electron chi connectivity index (χ4n) is 2.55. The molecular weight excluding hydrogens is 310 g/mol. The first-order valence-corrected chi connectivity index (χ1v) is 8.22. The van der Waals surface area contributed by atoms with Gasteiger partial charge in [0.15, 0.2) is 17.4 Å². The minimum atomic E-state index is 0.245. The summed E-state index contributed by atoms with van der Waals surface area (Å²) in [5.74, 6) is 2.10. The maximum absolute atomic E-state index is 5.47. The second-order valence-electron chi connectivity index (χ2n) is 5.11. The van der Waals surface area contributed by atoms with Crippen molar-refractivity contribution in [3.63, 3.8) is 0 Å². The number of thioether (sulfide) groups is 1. The van der Waals surface area contributed by atoms with Gasteiger partial charge in [-0.05, 0) is 11.6 Å². The van der Waals surface area contributed by atoms with Crippen molar-refractivity contribution in [3.05, 3.63) is 48.0 Å². The number of aliphatic imine (C=N–C) groups is 1. The zero-order valence-corrected chi connectivity index (χ0v) is 14.2. The number of ether oxygens (including phenoxy) is 3. The minimum absolute atomic E-state index is 0.245. The van der Waals surface area contributed by atoms with Gasteiger partial charge in [-0.3, -0.25) is 0 Å². The zero-order chi connectivity index (χ0) is 16.2. The molecule has 0 bridgehead atoms. The van der Waals surface area contributed by atoms with Gasteiger partial charge in [-0.25, -0.2) is 4.99 Å². The van der Waals surface area contributed by atoms with E-state index in [1.54, 1.807) is 33.1 Å². The van der Waals surface area contributed by atoms with Crippen LogP contribution in [0, 0.1) is 0 Å². The van der Waals surface area contributed by atoms with Crippen LogP contribution in [0.25, 0.3) is 0 Å². The highest BCUT2D eigenvalue weighted by atomic mass is 32.2. The zero-order valence-electron chi connectivity index (χ0n) is 13.4. The summed E-state index contributed by atoms with van der Waals surface area (Å²) < 4.78 is 16.3. The third kappa shape index (κ3) is 3.29. The van der Waals surface area contributed by atoms with Crippen LogP contribution in [0.3, 0.4) is 0 Å². The van der Waals surface area contributed by atoms with Crippen LogP contribution in [-0.4, -0.2) is 27.2 Å². The Bertz CT molecular complexity index is 716. The summed E-state index contributed by atoms with van der Waals surface area (Å²) in [7, 11) is 4.93. The Balaban J connectivity index is 2.06. The van der Waals surface area contributed by atoms with Crippen molar-refractivity contribution in [3.8, 4) is 11.5 Å². The second kappa shape index (κ2) is 6.96. The maximum Gasteiger partial charge on any atom is 0.189 e. The minimum Gasteiger partial charge on any atom is -0.493 e. The summed E-state index contributed by atoms with van der Waals surface area (Å²) in [5, 5.41) is 0.245. The number of methoxy groups -OCH3 is 3. The van der Waals surface area contributed by atoms with Gasteiger partial charge in [0.2, 0.25) is 0 Å². The van der Waals surface area contributed by atoms with Crippen molar-refractivity contribution in [2.24, 2.45) is 4.99 Å². The lowest BCUT2D eigenvalue weighted by Crippen LogP contribution is -2.05. The van der Waals surface area contributed by atoms with E-state index in [1.165, 1.54) is 5.56 Å². The topological polar surface area (TPSA) is 40.0 Å². The molecule has 0 saturated carbocycles. The van der Waals surface area contributed by atoms with Gasteiger partial charge in [-0.2, -0.15) is 0 Å². The molecule has 120 valence electrons. The van der Waals surface area contributed by atoms with E-state index >= 15 is 0 Å². The first-order chi connectivity index (χ1) is 11.2. The van der Waals surface area contributed by atoms with E-state index in [4.69, 9.17) is 14.2 Å². The van der Waals surface area contributed by atoms with Gasteiger partial charge in [0.1, 0.15) is 0 Å².